The Hall–Kier alpha value is -3.03. The zero-order chi connectivity index (χ0) is 19.3. The van der Waals surface area contributed by atoms with E-state index in [-0.39, 0.29) is 13.2 Å². The van der Waals surface area contributed by atoms with Crippen LogP contribution in [-0.4, -0.2) is 27.5 Å². The maximum atomic E-state index is 11.4. The third kappa shape index (κ3) is 2.55. The number of amides is 1. The molecule has 5 rings (SSSR count). The Morgan fingerprint density at radius 2 is 1.93 bits per heavy atom. The first-order chi connectivity index (χ1) is 13.7. The number of aryl methyl sites for hydroxylation is 1. The van der Waals surface area contributed by atoms with Crippen molar-refractivity contribution in [2.24, 2.45) is 0 Å². The molecule has 3 heterocycles. The lowest BCUT2D eigenvalue weighted by Gasteiger charge is -2.10. The summed E-state index contributed by atoms with van der Waals surface area (Å²) in [5.74, 6) is 0.946. The molecule has 1 aliphatic heterocycles. The van der Waals surface area contributed by atoms with Gasteiger partial charge in [0.1, 0.15) is 5.15 Å². The van der Waals surface area contributed by atoms with Gasteiger partial charge in [-0.3, -0.25) is 10.0 Å². The number of rotatable bonds is 4. The summed E-state index contributed by atoms with van der Waals surface area (Å²) < 4.78 is 13.2. The second-order valence-electron chi connectivity index (χ2n) is 6.66. The fourth-order valence-corrected chi connectivity index (χ4v) is 4.07. The Balaban J connectivity index is 1.79. The van der Waals surface area contributed by atoms with Gasteiger partial charge in [0.2, 0.25) is 12.7 Å². The van der Waals surface area contributed by atoms with E-state index in [0.717, 1.165) is 32.7 Å². The van der Waals surface area contributed by atoms with Crippen LogP contribution in [0.25, 0.3) is 32.7 Å². The molecule has 28 heavy (non-hydrogen) atoms. The van der Waals surface area contributed by atoms with Crippen molar-refractivity contribution in [3.05, 3.63) is 41.6 Å². The van der Waals surface area contributed by atoms with Gasteiger partial charge in [-0.05, 0) is 12.5 Å². The van der Waals surface area contributed by atoms with E-state index >= 15 is 0 Å². The van der Waals surface area contributed by atoms with E-state index in [1.54, 1.807) is 5.48 Å². The second-order valence-corrected chi connectivity index (χ2v) is 7.02. The molecule has 7 nitrogen and oxygen atoms in total. The highest BCUT2D eigenvalue weighted by Gasteiger charge is 2.22. The summed E-state index contributed by atoms with van der Waals surface area (Å²) in [4.78, 5) is 16.1. The van der Waals surface area contributed by atoms with Crippen LogP contribution in [0.5, 0.6) is 11.5 Å². The summed E-state index contributed by atoms with van der Waals surface area (Å²) in [6.45, 7) is 0.758. The number of benzene rings is 2. The quantitative estimate of drug-likeness (QED) is 0.309. The van der Waals surface area contributed by atoms with Crippen LogP contribution in [-0.2, 0) is 11.3 Å². The molecule has 0 spiro atoms. The molecule has 2 aromatic heterocycles. The highest BCUT2D eigenvalue weighted by molar-refractivity contribution is 6.36. The van der Waals surface area contributed by atoms with Crippen molar-refractivity contribution >= 4 is 50.2 Å². The topological polar surface area (TPSA) is 85.6 Å². The molecular formula is C20H16ClN3O4. The van der Waals surface area contributed by atoms with Crippen LogP contribution in [0, 0.1) is 0 Å². The van der Waals surface area contributed by atoms with E-state index in [9.17, 15) is 4.79 Å². The first kappa shape index (κ1) is 17.1. The number of hydroxylamine groups is 1. The number of hydrogen-bond acceptors (Lipinski definition) is 5. The monoisotopic (exact) mass is 397 g/mol. The lowest BCUT2D eigenvalue weighted by atomic mass is 10.1. The van der Waals surface area contributed by atoms with Crippen LogP contribution < -0.4 is 15.0 Å². The molecular weight excluding hydrogens is 382 g/mol. The predicted octanol–water partition coefficient (Wildman–Crippen LogP) is 4.01. The summed E-state index contributed by atoms with van der Waals surface area (Å²) in [5, 5.41) is 12.0. The smallest absolute Gasteiger partial charge is 0.243 e. The molecule has 0 atom stereocenters. The Kier molecular flexibility index (Phi) is 3.99. The Bertz CT molecular complexity index is 1250. The molecule has 8 heteroatoms. The first-order valence-electron chi connectivity index (χ1n) is 8.90. The van der Waals surface area contributed by atoms with Crippen molar-refractivity contribution in [3.63, 3.8) is 0 Å². The van der Waals surface area contributed by atoms with Crippen LogP contribution in [0.4, 0.5) is 0 Å². The van der Waals surface area contributed by atoms with Gasteiger partial charge in [0.05, 0.1) is 16.6 Å². The number of hydrogen-bond donors (Lipinski definition) is 2. The van der Waals surface area contributed by atoms with E-state index in [2.05, 4.69) is 9.55 Å². The van der Waals surface area contributed by atoms with Crippen molar-refractivity contribution in [3.8, 4) is 11.5 Å². The number of aromatic nitrogens is 2. The fraction of sp³-hybridized carbons (Fsp3) is 0.200. The minimum Gasteiger partial charge on any atom is -0.454 e. The number of fused-ring (bicyclic) bond motifs is 6. The summed E-state index contributed by atoms with van der Waals surface area (Å²) in [5.41, 5.74) is 4.34. The molecule has 2 N–H and O–H groups in total. The number of nitrogens with one attached hydrogen (secondary N) is 1. The molecule has 1 amide bonds. The van der Waals surface area contributed by atoms with Gasteiger partial charge < -0.3 is 14.0 Å². The van der Waals surface area contributed by atoms with Crippen LogP contribution in [0.3, 0.4) is 0 Å². The van der Waals surface area contributed by atoms with Crippen molar-refractivity contribution in [2.75, 3.05) is 6.79 Å². The number of pyridine rings is 1. The SMILES string of the molecule is O=C(CCCn1c2cc3c(cc2c2nc(Cl)c4ccccc4c21)OCO3)NO. The molecule has 0 fully saturated rings. The number of nitrogens with zero attached hydrogens (tertiary/aromatic N) is 2. The average molecular weight is 398 g/mol. The van der Waals surface area contributed by atoms with Gasteiger partial charge in [-0.1, -0.05) is 35.9 Å². The van der Waals surface area contributed by atoms with Gasteiger partial charge in [0, 0.05) is 35.2 Å². The fourth-order valence-electron chi connectivity index (χ4n) is 3.82. The van der Waals surface area contributed by atoms with Gasteiger partial charge in [0.25, 0.3) is 0 Å². The van der Waals surface area contributed by atoms with E-state index < -0.39 is 5.91 Å². The molecule has 0 aliphatic carbocycles. The van der Waals surface area contributed by atoms with E-state index in [1.807, 2.05) is 36.4 Å². The Morgan fingerprint density at radius 3 is 2.71 bits per heavy atom. The summed E-state index contributed by atoms with van der Waals surface area (Å²) in [6.07, 6.45) is 0.762. The van der Waals surface area contributed by atoms with Gasteiger partial charge in [-0.25, -0.2) is 10.5 Å². The molecule has 4 aromatic rings. The van der Waals surface area contributed by atoms with Crippen molar-refractivity contribution in [1.29, 1.82) is 0 Å². The molecule has 2 aromatic carbocycles. The maximum absolute atomic E-state index is 11.4. The van der Waals surface area contributed by atoms with E-state index in [0.29, 0.717) is 29.6 Å². The second kappa shape index (κ2) is 6.54. The number of halogens is 1. The highest BCUT2D eigenvalue weighted by atomic mass is 35.5. The summed E-state index contributed by atoms with van der Waals surface area (Å²) in [6, 6.07) is 11.7. The largest absolute Gasteiger partial charge is 0.454 e. The number of ether oxygens (including phenoxy) is 2. The normalized spacial score (nSPS) is 12.9. The number of carbonyl (C=O) groups excluding carboxylic acids is 1. The highest BCUT2D eigenvalue weighted by Crippen LogP contribution is 2.42. The van der Waals surface area contributed by atoms with Gasteiger partial charge in [-0.15, -0.1) is 0 Å². The van der Waals surface area contributed by atoms with Gasteiger partial charge in [-0.2, -0.15) is 0 Å². The zero-order valence-corrected chi connectivity index (χ0v) is 15.5. The third-order valence-corrected chi connectivity index (χ3v) is 5.34. The molecule has 0 radical (unpaired) electrons. The first-order valence-corrected chi connectivity index (χ1v) is 9.28. The van der Waals surface area contributed by atoms with Crippen LogP contribution in [0.1, 0.15) is 12.8 Å². The van der Waals surface area contributed by atoms with Crippen LogP contribution in [0.2, 0.25) is 5.15 Å². The zero-order valence-electron chi connectivity index (χ0n) is 14.7. The predicted molar refractivity (Wildman–Crippen MR) is 105 cm³/mol. The van der Waals surface area contributed by atoms with E-state index in [1.165, 1.54) is 0 Å². The van der Waals surface area contributed by atoms with Crippen molar-refractivity contribution in [1.82, 2.24) is 15.0 Å². The number of carbonyl (C=O) groups is 1. The van der Waals surface area contributed by atoms with Crippen LogP contribution >= 0.6 is 11.6 Å². The van der Waals surface area contributed by atoms with E-state index in [4.69, 9.17) is 26.3 Å². The Morgan fingerprint density at radius 1 is 1.18 bits per heavy atom. The van der Waals surface area contributed by atoms with Crippen molar-refractivity contribution < 1.29 is 19.5 Å². The van der Waals surface area contributed by atoms with Crippen LogP contribution in [0.15, 0.2) is 36.4 Å². The van der Waals surface area contributed by atoms with Gasteiger partial charge in [0.15, 0.2) is 11.5 Å². The maximum Gasteiger partial charge on any atom is 0.243 e. The van der Waals surface area contributed by atoms with Gasteiger partial charge >= 0.3 is 0 Å². The minimum absolute atomic E-state index is 0.188. The molecule has 142 valence electrons. The minimum atomic E-state index is -0.413. The average Bonchev–Trinajstić information content (AvgIpc) is 3.29. The summed E-state index contributed by atoms with van der Waals surface area (Å²) in [7, 11) is 0. The molecule has 0 unspecified atom stereocenters. The molecule has 1 aliphatic rings. The summed E-state index contributed by atoms with van der Waals surface area (Å²) >= 11 is 6.47. The molecule has 0 saturated heterocycles. The lowest BCUT2D eigenvalue weighted by molar-refractivity contribution is -0.129. The Labute approximate surface area is 164 Å². The molecule has 0 saturated carbocycles. The lowest BCUT2D eigenvalue weighted by Crippen LogP contribution is -2.18. The standard InChI is InChI=1S/C20H16ClN3O4/c21-20-12-5-2-1-4-11(12)19-18(22-20)13-8-15-16(28-10-27-15)9-14(13)24(19)7-3-6-17(25)23-26/h1-2,4-5,8-9,26H,3,6-7,10H2,(H,23,25). The molecule has 0 bridgehead atoms. The van der Waals surface area contributed by atoms with Crippen molar-refractivity contribution in [2.45, 2.75) is 19.4 Å². The third-order valence-electron chi connectivity index (χ3n) is 5.06.